The number of hydrogen-bond acceptors (Lipinski definition) is 4. The van der Waals surface area contributed by atoms with Gasteiger partial charge in [0.15, 0.2) is 0 Å². The molecule has 282 valence electrons. The summed E-state index contributed by atoms with van der Waals surface area (Å²) >= 11 is 0. The standard InChI is InChI=1S/C41H85N2O3P/c1-7-11-15-18-20-23-28-38(27-14-10-4)29-25-26-32-41(45)43(36-40(44)37-47(46)34-33-42(5)6)35-39(30-22-17-13-9-3)31-24-21-19-16-12-8-2/h38-40,44,47H,7-37H2,1-6H3. The summed E-state index contributed by atoms with van der Waals surface area (Å²) < 4.78 is 12.8. The molecule has 6 heteroatoms. The van der Waals surface area contributed by atoms with Gasteiger partial charge in [0, 0.05) is 38.4 Å². The molecule has 0 aromatic heterocycles. The monoisotopic (exact) mass is 685 g/mol. The first kappa shape index (κ1) is 46.6. The molecule has 4 unspecified atom stereocenters. The van der Waals surface area contributed by atoms with Crippen molar-refractivity contribution in [1.29, 1.82) is 0 Å². The maximum Gasteiger partial charge on any atom is 0.222 e. The third-order valence-electron chi connectivity index (χ3n) is 10.2. The normalized spacial score (nSPS) is 14.4. The summed E-state index contributed by atoms with van der Waals surface area (Å²) in [6, 6.07) is 0. The van der Waals surface area contributed by atoms with Crippen LogP contribution in [-0.2, 0) is 9.36 Å². The number of nitrogens with zero attached hydrogens (tertiary/aromatic N) is 2. The van der Waals surface area contributed by atoms with Gasteiger partial charge in [0.25, 0.3) is 0 Å². The molecule has 0 fully saturated rings. The highest BCUT2D eigenvalue weighted by molar-refractivity contribution is 7.44. The zero-order valence-corrected chi connectivity index (χ0v) is 33.8. The van der Waals surface area contributed by atoms with E-state index in [0.717, 1.165) is 31.8 Å². The van der Waals surface area contributed by atoms with E-state index in [1.54, 1.807) is 0 Å². The predicted octanol–water partition coefficient (Wildman–Crippen LogP) is 11.8. The van der Waals surface area contributed by atoms with Gasteiger partial charge >= 0.3 is 0 Å². The summed E-state index contributed by atoms with van der Waals surface area (Å²) in [6.07, 6.45) is 32.8. The summed E-state index contributed by atoms with van der Waals surface area (Å²) in [4.78, 5) is 17.8. The number of aliphatic hydroxyl groups is 1. The minimum Gasteiger partial charge on any atom is -0.391 e. The zero-order chi connectivity index (χ0) is 35.0. The predicted molar refractivity (Wildman–Crippen MR) is 210 cm³/mol. The van der Waals surface area contributed by atoms with Gasteiger partial charge < -0.3 is 19.5 Å². The Bertz CT molecular complexity index is 704. The Labute approximate surface area is 296 Å². The number of carbonyl (C=O) groups excluding carboxylic acids is 1. The molecule has 1 N–H and O–H groups in total. The molecule has 0 heterocycles. The molecule has 0 aliphatic heterocycles. The van der Waals surface area contributed by atoms with Gasteiger partial charge in [-0.25, -0.2) is 0 Å². The van der Waals surface area contributed by atoms with Crippen molar-refractivity contribution in [3.8, 4) is 0 Å². The molecule has 0 aliphatic carbocycles. The van der Waals surface area contributed by atoms with Crippen LogP contribution in [0.1, 0.15) is 195 Å². The smallest absolute Gasteiger partial charge is 0.222 e. The zero-order valence-electron chi connectivity index (χ0n) is 32.8. The lowest BCUT2D eigenvalue weighted by molar-refractivity contribution is -0.133. The lowest BCUT2D eigenvalue weighted by Gasteiger charge is -2.30. The molecule has 0 radical (unpaired) electrons. The molecule has 5 nitrogen and oxygen atoms in total. The van der Waals surface area contributed by atoms with Crippen LogP contribution in [0.5, 0.6) is 0 Å². The molecule has 0 aromatic carbocycles. The van der Waals surface area contributed by atoms with Crippen LogP contribution in [0, 0.1) is 11.8 Å². The minimum atomic E-state index is -1.86. The number of carbonyl (C=O) groups is 1. The quantitative estimate of drug-likeness (QED) is 0.0527. The fourth-order valence-corrected chi connectivity index (χ4v) is 8.58. The van der Waals surface area contributed by atoms with E-state index in [0.29, 0.717) is 31.2 Å². The third-order valence-corrected chi connectivity index (χ3v) is 11.9. The Kier molecular flexibility index (Phi) is 33.8. The summed E-state index contributed by atoms with van der Waals surface area (Å²) in [5.41, 5.74) is 0. The van der Waals surface area contributed by atoms with E-state index < -0.39 is 13.9 Å². The Hall–Kier alpha value is -0.380. The van der Waals surface area contributed by atoms with E-state index in [1.807, 2.05) is 19.0 Å². The number of unbranched alkanes of at least 4 members (excludes halogenated alkanes) is 15. The van der Waals surface area contributed by atoms with Crippen LogP contribution < -0.4 is 0 Å². The average Bonchev–Trinajstić information content (AvgIpc) is 3.04. The lowest BCUT2D eigenvalue weighted by Crippen LogP contribution is -2.41. The summed E-state index contributed by atoms with van der Waals surface area (Å²) in [5, 5.41) is 11.1. The van der Waals surface area contributed by atoms with Crippen LogP contribution in [0.4, 0.5) is 0 Å². The van der Waals surface area contributed by atoms with Gasteiger partial charge in [-0.05, 0) is 45.2 Å². The van der Waals surface area contributed by atoms with E-state index >= 15 is 0 Å². The van der Waals surface area contributed by atoms with Crippen LogP contribution in [0.3, 0.4) is 0 Å². The van der Waals surface area contributed by atoms with Crippen molar-refractivity contribution in [2.24, 2.45) is 11.8 Å². The van der Waals surface area contributed by atoms with Crippen molar-refractivity contribution >= 4 is 13.7 Å². The van der Waals surface area contributed by atoms with Gasteiger partial charge in [-0.1, -0.05) is 169 Å². The summed E-state index contributed by atoms with van der Waals surface area (Å²) in [6.45, 7) is 11.0. The Balaban J connectivity index is 5.26. The molecular formula is C41H85N2O3P. The number of hydrogen-bond donors (Lipinski definition) is 1. The molecule has 0 aromatic rings. The van der Waals surface area contributed by atoms with Gasteiger partial charge in [0.05, 0.1) is 13.9 Å². The van der Waals surface area contributed by atoms with Crippen LogP contribution in [0.2, 0.25) is 0 Å². The average molecular weight is 685 g/mol. The Morgan fingerprint density at radius 1 is 0.574 bits per heavy atom. The van der Waals surface area contributed by atoms with Crippen LogP contribution in [-0.4, -0.2) is 73.0 Å². The number of rotatable bonds is 36. The van der Waals surface area contributed by atoms with Gasteiger partial charge in [-0.15, -0.1) is 0 Å². The molecule has 0 aliphatic rings. The molecule has 4 atom stereocenters. The number of aliphatic hydroxyl groups excluding tert-OH is 1. The first-order valence-electron chi connectivity index (χ1n) is 20.9. The highest BCUT2D eigenvalue weighted by Crippen LogP contribution is 2.26. The van der Waals surface area contributed by atoms with E-state index in [2.05, 4.69) is 32.6 Å². The second-order valence-corrected chi connectivity index (χ2v) is 17.3. The lowest BCUT2D eigenvalue weighted by atomic mass is 9.90. The topological polar surface area (TPSA) is 60.9 Å². The second kappa shape index (κ2) is 34.1. The Morgan fingerprint density at radius 2 is 1.00 bits per heavy atom. The van der Waals surface area contributed by atoms with E-state index in [4.69, 9.17) is 0 Å². The van der Waals surface area contributed by atoms with Gasteiger partial charge in [-0.3, -0.25) is 4.79 Å². The van der Waals surface area contributed by atoms with Crippen molar-refractivity contribution in [2.75, 3.05) is 46.1 Å². The SMILES string of the molecule is CCCCCCCCC(CCCC)CCCCC(=O)N(CC(O)C[PH](=O)CCN(C)C)CC(CCCCCC)CCCCCCCC. The van der Waals surface area contributed by atoms with Crippen LogP contribution in [0.15, 0.2) is 0 Å². The first-order valence-corrected chi connectivity index (χ1v) is 22.7. The van der Waals surface area contributed by atoms with Crippen molar-refractivity contribution in [3.05, 3.63) is 0 Å². The molecule has 0 spiro atoms. The first-order chi connectivity index (χ1) is 22.8. The van der Waals surface area contributed by atoms with E-state index in [-0.39, 0.29) is 5.91 Å². The van der Waals surface area contributed by atoms with Crippen LogP contribution in [0.25, 0.3) is 0 Å². The molecule has 0 bridgehead atoms. The molecule has 0 saturated heterocycles. The Morgan fingerprint density at radius 3 is 1.51 bits per heavy atom. The molecular weight excluding hydrogens is 599 g/mol. The molecule has 0 saturated carbocycles. The minimum absolute atomic E-state index is 0.208. The highest BCUT2D eigenvalue weighted by Gasteiger charge is 2.23. The molecule has 47 heavy (non-hydrogen) atoms. The molecule has 1 amide bonds. The van der Waals surface area contributed by atoms with E-state index in [1.165, 1.54) is 148 Å². The summed E-state index contributed by atoms with van der Waals surface area (Å²) in [7, 11) is 2.14. The fraction of sp³-hybridized carbons (Fsp3) is 0.976. The highest BCUT2D eigenvalue weighted by atomic mass is 31.1. The second-order valence-electron chi connectivity index (χ2n) is 15.3. The van der Waals surface area contributed by atoms with Gasteiger partial charge in [0.2, 0.25) is 5.91 Å². The maximum absolute atomic E-state index is 13.8. The van der Waals surface area contributed by atoms with Gasteiger partial charge in [0.1, 0.15) is 0 Å². The third kappa shape index (κ3) is 30.2. The van der Waals surface area contributed by atoms with Crippen molar-refractivity contribution in [3.63, 3.8) is 0 Å². The summed E-state index contributed by atoms with van der Waals surface area (Å²) in [5.74, 6) is 1.51. The van der Waals surface area contributed by atoms with Crippen LogP contribution >= 0.6 is 7.80 Å². The van der Waals surface area contributed by atoms with Crippen molar-refractivity contribution < 1.29 is 14.5 Å². The number of amides is 1. The van der Waals surface area contributed by atoms with Crippen molar-refractivity contribution in [1.82, 2.24) is 9.80 Å². The largest absolute Gasteiger partial charge is 0.391 e. The molecule has 0 rings (SSSR count). The maximum atomic E-state index is 13.8. The van der Waals surface area contributed by atoms with E-state index in [9.17, 15) is 14.5 Å². The van der Waals surface area contributed by atoms with Crippen molar-refractivity contribution in [2.45, 2.75) is 201 Å². The fourth-order valence-electron chi connectivity index (χ4n) is 7.03. The van der Waals surface area contributed by atoms with Gasteiger partial charge in [-0.2, -0.15) is 0 Å².